The van der Waals surface area contributed by atoms with Crippen molar-refractivity contribution in [3.05, 3.63) is 17.0 Å². The number of aromatic amines is 1. The van der Waals surface area contributed by atoms with Crippen LogP contribution in [0.5, 0.6) is 0 Å². The third kappa shape index (κ3) is 1.44. The molecule has 0 fully saturated rings. The zero-order valence-corrected chi connectivity index (χ0v) is 8.73. The third-order valence-electron chi connectivity index (χ3n) is 1.92. The van der Waals surface area contributed by atoms with Gasteiger partial charge < -0.3 is 10.3 Å². The Hall–Kier alpha value is -2.22. The Morgan fingerprint density at radius 1 is 1.44 bits per heavy atom. The van der Waals surface area contributed by atoms with Crippen LogP contribution < -0.4 is 5.73 Å². The predicted molar refractivity (Wildman–Crippen MR) is 57.4 cm³/mol. The quantitative estimate of drug-likeness (QED) is 0.689. The van der Waals surface area contributed by atoms with E-state index in [-0.39, 0.29) is 0 Å². The Morgan fingerprint density at radius 2 is 2.38 bits per heavy atom. The third-order valence-corrected chi connectivity index (χ3v) is 2.50. The second-order valence-corrected chi connectivity index (χ2v) is 3.72. The van der Waals surface area contributed by atoms with Gasteiger partial charge in [0.05, 0.1) is 5.51 Å². The number of nitrogens with zero attached hydrogens (tertiary/aromatic N) is 4. The van der Waals surface area contributed by atoms with Gasteiger partial charge in [-0.2, -0.15) is 10.1 Å². The molecule has 3 aromatic rings. The first-order valence-electron chi connectivity index (χ1n) is 4.36. The summed E-state index contributed by atoms with van der Waals surface area (Å²) in [7, 11) is 0. The van der Waals surface area contributed by atoms with E-state index >= 15 is 0 Å². The van der Waals surface area contributed by atoms with E-state index in [9.17, 15) is 0 Å². The highest BCUT2D eigenvalue weighted by atomic mass is 32.1. The molecule has 0 radical (unpaired) electrons. The van der Waals surface area contributed by atoms with Crippen molar-refractivity contribution < 1.29 is 4.52 Å². The molecule has 0 atom stereocenters. The van der Waals surface area contributed by atoms with Gasteiger partial charge in [-0.15, -0.1) is 11.3 Å². The van der Waals surface area contributed by atoms with Crippen LogP contribution >= 0.6 is 11.3 Å². The molecule has 3 aromatic heterocycles. The fourth-order valence-electron chi connectivity index (χ4n) is 1.21. The monoisotopic (exact) mass is 234 g/mol. The summed E-state index contributed by atoms with van der Waals surface area (Å²) in [6.45, 7) is 0. The average Bonchev–Trinajstić information content (AvgIpc) is 2.97. The molecule has 0 saturated heterocycles. The molecule has 0 aliphatic carbocycles. The van der Waals surface area contributed by atoms with E-state index < -0.39 is 0 Å². The number of nitrogens with one attached hydrogen (secondary N) is 1. The molecular formula is C8H6N6OS. The number of rotatable bonds is 2. The molecule has 3 heterocycles. The summed E-state index contributed by atoms with van der Waals surface area (Å²) in [4.78, 5) is 8.26. The maximum Gasteiger partial charge on any atom is 0.276 e. The van der Waals surface area contributed by atoms with E-state index in [1.807, 2.05) is 5.38 Å². The number of nitrogen functional groups attached to an aromatic ring is 1. The number of H-pyrrole nitrogens is 1. The van der Waals surface area contributed by atoms with Gasteiger partial charge in [-0.25, -0.2) is 4.98 Å². The lowest BCUT2D eigenvalue weighted by molar-refractivity contribution is 0.430. The van der Waals surface area contributed by atoms with Gasteiger partial charge in [-0.1, -0.05) is 5.16 Å². The van der Waals surface area contributed by atoms with Gasteiger partial charge in [-0.3, -0.25) is 5.10 Å². The predicted octanol–water partition coefficient (Wildman–Crippen LogP) is 1.17. The molecule has 3 rings (SSSR count). The SMILES string of the molecule is Nc1cc(-c2nc(-c3cscn3)no2)[nH]n1. The minimum Gasteiger partial charge on any atom is -0.382 e. The summed E-state index contributed by atoms with van der Waals surface area (Å²) in [6.07, 6.45) is 0. The van der Waals surface area contributed by atoms with Crippen molar-refractivity contribution in [1.82, 2.24) is 25.3 Å². The van der Waals surface area contributed by atoms with Crippen LogP contribution in [-0.2, 0) is 0 Å². The topological polar surface area (TPSA) is 107 Å². The van der Waals surface area contributed by atoms with Crippen molar-refractivity contribution in [3.63, 3.8) is 0 Å². The fraction of sp³-hybridized carbons (Fsp3) is 0. The molecular weight excluding hydrogens is 228 g/mol. The summed E-state index contributed by atoms with van der Waals surface area (Å²) in [5.41, 5.74) is 8.46. The Morgan fingerprint density at radius 3 is 3.06 bits per heavy atom. The highest BCUT2D eigenvalue weighted by Gasteiger charge is 2.13. The number of anilines is 1. The Kier molecular flexibility index (Phi) is 1.93. The smallest absolute Gasteiger partial charge is 0.276 e. The first-order valence-corrected chi connectivity index (χ1v) is 5.31. The maximum absolute atomic E-state index is 5.47. The van der Waals surface area contributed by atoms with E-state index in [0.29, 0.717) is 28.9 Å². The lowest BCUT2D eigenvalue weighted by atomic mass is 10.4. The van der Waals surface area contributed by atoms with Gasteiger partial charge in [0.25, 0.3) is 5.89 Å². The van der Waals surface area contributed by atoms with Gasteiger partial charge in [0, 0.05) is 11.4 Å². The van der Waals surface area contributed by atoms with Crippen molar-refractivity contribution in [2.75, 3.05) is 5.73 Å². The van der Waals surface area contributed by atoms with Crippen molar-refractivity contribution >= 4 is 17.2 Å². The van der Waals surface area contributed by atoms with Gasteiger partial charge in [0.1, 0.15) is 17.2 Å². The van der Waals surface area contributed by atoms with Crippen LogP contribution in [0.1, 0.15) is 0 Å². The highest BCUT2D eigenvalue weighted by molar-refractivity contribution is 7.07. The molecule has 3 N–H and O–H groups in total. The van der Waals surface area contributed by atoms with Crippen molar-refractivity contribution in [3.8, 4) is 23.1 Å². The van der Waals surface area contributed by atoms with E-state index in [2.05, 4.69) is 25.3 Å². The largest absolute Gasteiger partial charge is 0.382 e. The van der Waals surface area contributed by atoms with Crippen LogP contribution in [0.15, 0.2) is 21.5 Å². The normalized spacial score (nSPS) is 10.8. The fourth-order valence-corrected chi connectivity index (χ4v) is 1.74. The molecule has 0 spiro atoms. The van der Waals surface area contributed by atoms with Crippen LogP contribution in [0.25, 0.3) is 23.1 Å². The van der Waals surface area contributed by atoms with E-state index in [4.69, 9.17) is 10.3 Å². The molecule has 80 valence electrons. The van der Waals surface area contributed by atoms with Crippen molar-refractivity contribution in [1.29, 1.82) is 0 Å². The van der Waals surface area contributed by atoms with Gasteiger partial charge in [0.15, 0.2) is 0 Å². The molecule has 8 heteroatoms. The second-order valence-electron chi connectivity index (χ2n) is 3.00. The van der Waals surface area contributed by atoms with Gasteiger partial charge >= 0.3 is 0 Å². The zero-order valence-electron chi connectivity index (χ0n) is 7.91. The van der Waals surface area contributed by atoms with Crippen LogP contribution in [0, 0.1) is 0 Å². The minimum atomic E-state index is 0.340. The molecule has 0 aliphatic heterocycles. The summed E-state index contributed by atoms with van der Waals surface area (Å²) >= 11 is 1.47. The van der Waals surface area contributed by atoms with E-state index in [0.717, 1.165) is 0 Å². The highest BCUT2D eigenvalue weighted by Crippen LogP contribution is 2.21. The summed E-state index contributed by atoms with van der Waals surface area (Å²) in [5, 5.41) is 12.1. The van der Waals surface area contributed by atoms with Crippen LogP contribution in [0.3, 0.4) is 0 Å². The number of thiazole rings is 1. The van der Waals surface area contributed by atoms with Crippen molar-refractivity contribution in [2.24, 2.45) is 0 Å². The molecule has 0 bridgehead atoms. The zero-order chi connectivity index (χ0) is 11.0. The molecule has 0 unspecified atom stereocenters. The Balaban J connectivity index is 2.00. The van der Waals surface area contributed by atoms with Crippen LogP contribution in [-0.4, -0.2) is 25.3 Å². The average molecular weight is 234 g/mol. The number of hydrogen-bond donors (Lipinski definition) is 2. The molecule has 16 heavy (non-hydrogen) atoms. The maximum atomic E-state index is 5.47. The second kappa shape index (κ2) is 3.42. The lowest BCUT2D eigenvalue weighted by Gasteiger charge is -1.83. The Bertz CT molecular complexity index is 598. The van der Waals surface area contributed by atoms with E-state index in [1.165, 1.54) is 11.3 Å². The standard InChI is InChI=1S/C8H6N6OS/c9-6-1-4(12-13-6)8-11-7(14-15-8)5-2-16-3-10-5/h1-3H,(H3,9,12,13). The first-order chi connectivity index (χ1) is 7.83. The number of nitrogens with two attached hydrogens (primary N) is 1. The van der Waals surface area contributed by atoms with Crippen LogP contribution in [0.4, 0.5) is 5.82 Å². The molecule has 7 nitrogen and oxygen atoms in total. The molecule has 0 saturated carbocycles. The molecule has 0 aromatic carbocycles. The molecule has 0 aliphatic rings. The number of hydrogen-bond acceptors (Lipinski definition) is 7. The van der Waals surface area contributed by atoms with Crippen molar-refractivity contribution in [2.45, 2.75) is 0 Å². The lowest BCUT2D eigenvalue weighted by Crippen LogP contribution is -1.81. The van der Waals surface area contributed by atoms with E-state index in [1.54, 1.807) is 11.6 Å². The minimum absolute atomic E-state index is 0.340. The van der Waals surface area contributed by atoms with Crippen LogP contribution in [0.2, 0.25) is 0 Å². The summed E-state index contributed by atoms with van der Waals surface area (Å²) < 4.78 is 5.06. The summed E-state index contributed by atoms with van der Waals surface area (Å²) in [6, 6.07) is 1.62. The van der Waals surface area contributed by atoms with Gasteiger partial charge in [-0.05, 0) is 0 Å². The Labute approximate surface area is 93.3 Å². The number of aromatic nitrogens is 5. The molecule has 0 amide bonds. The first kappa shape index (κ1) is 9.04. The summed E-state index contributed by atoms with van der Waals surface area (Å²) in [5.74, 6) is 1.17. The van der Waals surface area contributed by atoms with Gasteiger partial charge in [0.2, 0.25) is 5.82 Å².